The van der Waals surface area contributed by atoms with Gasteiger partial charge in [0.2, 0.25) is 5.91 Å². The van der Waals surface area contributed by atoms with E-state index in [0.29, 0.717) is 21.5 Å². The highest BCUT2D eigenvalue weighted by Crippen LogP contribution is 2.33. The molecular weight excluding hydrogens is 414 g/mol. The molecule has 0 unspecified atom stereocenters. The van der Waals surface area contributed by atoms with Gasteiger partial charge in [0.1, 0.15) is 17.8 Å². The van der Waals surface area contributed by atoms with E-state index in [1.165, 1.54) is 7.11 Å². The molecule has 1 aliphatic rings. The predicted molar refractivity (Wildman–Crippen MR) is 103 cm³/mol. The van der Waals surface area contributed by atoms with Gasteiger partial charge in [0.05, 0.1) is 12.8 Å². The van der Waals surface area contributed by atoms with Crippen LogP contribution in [0, 0.1) is 0 Å². The molecule has 1 fully saturated rings. The summed E-state index contributed by atoms with van der Waals surface area (Å²) in [5.74, 6) is -0.505. The molecule has 1 atom stereocenters. The fraction of sp³-hybridized carbons (Fsp3) is 0.211. The van der Waals surface area contributed by atoms with Gasteiger partial charge in [0.15, 0.2) is 0 Å². The van der Waals surface area contributed by atoms with E-state index in [2.05, 4.69) is 26.6 Å². The lowest BCUT2D eigenvalue weighted by Crippen LogP contribution is -2.42. The largest absolute Gasteiger partial charge is 0.495 e. The van der Waals surface area contributed by atoms with Crippen LogP contribution in [0.3, 0.4) is 0 Å². The topological polar surface area (TPSA) is 87.7 Å². The Bertz CT molecular complexity index is 917. The molecular formula is C19H18BrN3O4. The van der Waals surface area contributed by atoms with Crippen LogP contribution in [0.1, 0.15) is 12.5 Å². The fourth-order valence-electron chi connectivity index (χ4n) is 2.97. The van der Waals surface area contributed by atoms with Crippen LogP contribution in [-0.4, -0.2) is 36.4 Å². The molecule has 7 nitrogen and oxygen atoms in total. The van der Waals surface area contributed by atoms with E-state index < -0.39 is 29.9 Å². The van der Waals surface area contributed by atoms with Crippen LogP contribution in [0.15, 0.2) is 53.0 Å². The first-order chi connectivity index (χ1) is 12.9. The molecule has 27 heavy (non-hydrogen) atoms. The highest BCUT2D eigenvalue weighted by molar-refractivity contribution is 9.10. The lowest BCUT2D eigenvalue weighted by atomic mass is 9.92. The summed E-state index contributed by atoms with van der Waals surface area (Å²) >= 11 is 3.40. The van der Waals surface area contributed by atoms with E-state index in [1.54, 1.807) is 49.4 Å². The molecule has 0 aromatic heterocycles. The van der Waals surface area contributed by atoms with Crippen LogP contribution in [0.2, 0.25) is 0 Å². The number of carbonyl (C=O) groups excluding carboxylic acids is 3. The number of para-hydroxylation sites is 2. The number of nitrogens with one attached hydrogen (secondary N) is 2. The molecule has 0 aliphatic carbocycles. The number of ether oxygens (including phenoxy) is 1. The number of rotatable bonds is 5. The average molecular weight is 432 g/mol. The van der Waals surface area contributed by atoms with Gasteiger partial charge in [-0.2, -0.15) is 0 Å². The number of anilines is 1. The summed E-state index contributed by atoms with van der Waals surface area (Å²) in [4.78, 5) is 38.6. The normalized spacial score (nSPS) is 19.0. The van der Waals surface area contributed by atoms with Crippen molar-refractivity contribution < 1.29 is 19.1 Å². The zero-order valence-corrected chi connectivity index (χ0v) is 16.4. The Morgan fingerprint density at radius 3 is 2.56 bits per heavy atom. The molecule has 0 spiro atoms. The van der Waals surface area contributed by atoms with Gasteiger partial charge in [-0.15, -0.1) is 0 Å². The standard InChI is InChI=1S/C19H18BrN3O4/c1-19(12-7-3-4-8-13(12)20)17(25)23(18(26)22-19)11-16(24)21-14-9-5-6-10-15(14)27-2/h3-10H,11H2,1-2H3,(H,21,24)(H,22,26)/t19-/m0/s1. The zero-order chi connectivity index (χ0) is 19.6. The fourth-order valence-corrected chi connectivity index (χ4v) is 3.65. The van der Waals surface area contributed by atoms with Crippen LogP contribution in [0.5, 0.6) is 5.75 Å². The first kappa shape index (κ1) is 18.9. The second-order valence-corrected chi connectivity index (χ2v) is 7.03. The van der Waals surface area contributed by atoms with E-state index >= 15 is 0 Å². The average Bonchev–Trinajstić information content (AvgIpc) is 2.86. The van der Waals surface area contributed by atoms with Crippen LogP contribution < -0.4 is 15.4 Å². The molecule has 1 aliphatic heterocycles. The van der Waals surface area contributed by atoms with Gasteiger partial charge in [-0.1, -0.05) is 46.3 Å². The van der Waals surface area contributed by atoms with E-state index in [-0.39, 0.29) is 0 Å². The van der Waals surface area contributed by atoms with Crippen molar-refractivity contribution in [1.29, 1.82) is 0 Å². The summed E-state index contributed by atoms with van der Waals surface area (Å²) in [5.41, 5.74) is -0.163. The number of halogens is 1. The molecule has 140 valence electrons. The van der Waals surface area contributed by atoms with Crippen molar-refractivity contribution in [2.24, 2.45) is 0 Å². The molecule has 0 radical (unpaired) electrons. The van der Waals surface area contributed by atoms with Crippen LogP contribution in [0.4, 0.5) is 10.5 Å². The minimum atomic E-state index is -1.25. The smallest absolute Gasteiger partial charge is 0.325 e. The summed E-state index contributed by atoms with van der Waals surface area (Å²) in [6, 6.07) is 13.4. The molecule has 0 saturated carbocycles. The first-order valence-corrected chi connectivity index (χ1v) is 8.98. The molecule has 2 aromatic carbocycles. The van der Waals surface area contributed by atoms with Crippen molar-refractivity contribution in [2.75, 3.05) is 19.0 Å². The van der Waals surface area contributed by atoms with E-state index in [1.807, 2.05) is 6.07 Å². The molecule has 2 aromatic rings. The van der Waals surface area contributed by atoms with Gasteiger partial charge in [-0.25, -0.2) is 4.79 Å². The number of nitrogens with zero attached hydrogens (tertiary/aromatic N) is 1. The number of carbonyl (C=O) groups is 3. The van der Waals surface area contributed by atoms with E-state index in [9.17, 15) is 14.4 Å². The minimum absolute atomic E-state index is 0.400. The van der Waals surface area contributed by atoms with Crippen molar-refractivity contribution in [1.82, 2.24) is 10.2 Å². The van der Waals surface area contributed by atoms with Gasteiger partial charge in [0, 0.05) is 10.0 Å². The maximum Gasteiger partial charge on any atom is 0.325 e. The molecule has 4 amide bonds. The van der Waals surface area contributed by atoms with Gasteiger partial charge in [-0.3, -0.25) is 14.5 Å². The number of imide groups is 1. The first-order valence-electron chi connectivity index (χ1n) is 8.19. The van der Waals surface area contributed by atoms with Crippen LogP contribution in [-0.2, 0) is 15.1 Å². The summed E-state index contributed by atoms with van der Waals surface area (Å²) in [5, 5.41) is 5.34. The zero-order valence-electron chi connectivity index (χ0n) is 14.8. The van der Waals surface area contributed by atoms with Crippen molar-refractivity contribution in [2.45, 2.75) is 12.5 Å². The quantitative estimate of drug-likeness (QED) is 0.712. The minimum Gasteiger partial charge on any atom is -0.495 e. The highest BCUT2D eigenvalue weighted by atomic mass is 79.9. The van der Waals surface area contributed by atoms with Crippen molar-refractivity contribution in [3.63, 3.8) is 0 Å². The Balaban J connectivity index is 1.78. The lowest BCUT2D eigenvalue weighted by Gasteiger charge is -2.23. The second-order valence-electron chi connectivity index (χ2n) is 6.17. The number of urea groups is 1. The van der Waals surface area contributed by atoms with Gasteiger partial charge in [0.25, 0.3) is 5.91 Å². The van der Waals surface area contributed by atoms with Crippen LogP contribution in [0.25, 0.3) is 0 Å². The third-order valence-corrected chi connectivity index (χ3v) is 5.06. The molecule has 0 bridgehead atoms. The predicted octanol–water partition coefficient (Wildman–Crippen LogP) is 2.86. The third-order valence-electron chi connectivity index (χ3n) is 4.37. The SMILES string of the molecule is COc1ccccc1NC(=O)CN1C(=O)N[C@@](C)(c2ccccc2Br)C1=O. The number of methoxy groups -OCH3 is 1. The summed E-state index contributed by atoms with van der Waals surface area (Å²) in [6.45, 7) is 1.22. The third kappa shape index (κ3) is 3.52. The van der Waals surface area contributed by atoms with E-state index in [4.69, 9.17) is 4.74 Å². The Labute approximate surface area is 164 Å². The number of hydrogen-bond acceptors (Lipinski definition) is 4. The Kier molecular flexibility index (Phi) is 5.18. The Hall–Kier alpha value is -2.87. The van der Waals surface area contributed by atoms with Crippen molar-refractivity contribution >= 4 is 39.5 Å². The second kappa shape index (κ2) is 7.40. The van der Waals surface area contributed by atoms with E-state index in [0.717, 1.165) is 4.90 Å². The van der Waals surface area contributed by atoms with Gasteiger partial charge < -0.3 is 15.4 Å². The van der Waals surface area contributed by atoms with Crippen molar-refractivity contribution in [3.05, 3.63) is 58.6 Å². The Morgan fingerprint density at radius 1 is 1.19 bits per heavy atom. The molecule has 2 N–H and O–H groups in total. The summed E-state index contributed by atoms with van der Waals surface area (Å²) in [6.07, 6.45) is 0. The molecule has 1 saturated heterocycles. The maximum atomic E-state index is 12.9. The summed E-state index contributed by atoms with van der Waals surface area (Å²) < 4.78 is 5.88. The van der Waals surface area contributed by atoms with Crippen LogP contribution >= 0.6 is 15.9 Å². The summed E-state index contributed by atoms with van der Waals surface area (Å²) in [7, 11) is 1.49. The molecule has 3 rings (SSSR count). The van der Waals surface area contributed by atoms with Gasteiger partial charge in [-0.05, 0) is 25.1 Å². The van der Waals surface area contributed by atoms with Crippen molar-refractivity contribution in [3.8, 4) is 5.75 Å². The number of amides is 4. The number of benzene rings is 2. The Morgan fingerprint density at radius 2 is 1.85 bits per heavy atom. The van der Waals surface area contributed by atoms with Gasteiger partial charge >= 0.3 is 6.03 Å². The lowest BCUT2D eigenvalue weighted by molar-refractivity contribution is -0.133. The maximum absolute atomic E-state index is 12.9. The highest BCUT2D eigenvalue weighted by Gasteiger charge is 2.50. The molecule has 8 heteroatoms. The monoisotopic (exact) mass is 431 g/mol. The molecule has 1 heterocycles. The number of hydrogen-bond donors (Lipinski definition) is 2.